The molecule has 6 heteroatoms. The number of carboxylic acid groups (broad SMARTS) is 1. The summed E-state index contributed by atoms with van der Waals surface area (Å²) in [6.45, 7) is 0.934. The number of aliphatic hydroxyl groups excluding tert-OH is 1. The molecule has 0 heterocycles. The van der Waals surface area contributed by atoms with Crippen molar-refractivity contribution < 1.29 is 52.5 Å². The Bertz CT molecular complexity index is 162. The molecule has 0 fully saturated rings. The number of aliphatic hydroxyl groups is 1. The monoisotopic (exact) mass is 249 g/mol. The molecule has 0 aromatic carbocycles. The van der Waals surface area contributed by atoms with Gasteiger partial charge in [0.2, 0.25) is 0 Å². The van der Waals surface area contributed by atoms with Crippen LogP contribution in [0.25, 0.3) is 5.32 Å². The molecule has 0 aliphatic heterocycles. The molecule has 1 amide bonds. The molecule has 0 saturated heterocycles. The molecule has 12 heavy (non-hydrogen) atoms. The minimum absolute atomic E-state index is 0. The first-order valence-corrected chi connectivity index (χ1v) is 3.19. The van der Waals surface area contributed by atoms with Crippen LogP contribution >= 0.6 is 0 Å². The maximum absolute atomic E-state index is 10.5. The van der Waals surface area contributed by atoms with Crippen molar-refractivity contribution in [3.63, 3.8) is 0 Å². The van der Waals surface area contributed by atoms with Crippen LogP contribution in [0.1, 0.15) is 13.3 Å². The third-order valence-corrected chi connectivity index (χ3v) is 1.06. The quantitative estimate of drug-likeness (QED) is 0.718. The van der Waals surface area contributed by atoms with Crippen molar-refractivity contribution >= 4 is 11.9 Å². The van der Waals surface area contributed by atoms with Gasteiger partial charge in [-0.15, -0.1) is 0 Å². The van der Waals surface area contributed by atoms with Crippen LogP contribution < -0.4 is 0 Å². The summed E-state index contributed by atoms with van der Waals surface area (Å²) in [5.74, 6) is -1.79. The molecule has 0 aromatic heterocycles. The van der Waals surface area contributed by atoms with Gasteiger partial charge in [0.15, 0.2) is 0 Å². The fourth-order valence-corrected chi connectivity index (χ4v) is 0.439. The SMILES string of the molecule is CCC(=O)[N-][C@@H](CO)C(=O)O.[Y]. The van der Waals surface area contributed by atoms with Gasteiger partial charge in [-0.25, -0.2) is 0 Å². The average molecular weight is 249 g/mol. The summed E-state index contributed by atoms with van der Waals surface area (Å²) >= 11 is 0. The number of carbonyl (C=O) groups excluding carboxylic acids is 1. The zero-order chi connectivity index (χ0) is 8.85. The van der Waals surface area contributed by atoms with Gasteiger partial charge in [-0.1, -0.05) is 6.92 Å². The van der Waals surface area contributed by atoms with Crippen LogP contribution in [0.4, 0.5) is 0 Å². The maximum atomic E-state index is 10.5. The van der Waals surface area contributed by atoms with E-state index in [9.17, 15) is 9.59 Å². The Morgan fingerprint density at radius 1 is 1.50 bits per heavy atom. The van der Waals surface area contributed by atoms with Crippen molar-refractivity contribution in [1.82, 2.24) is 0 Å². The zero-order valence-electron chi connectivity index (χ0n) is 6.73. The van der Waals surface area contributed by atoms with Gasteiger partial charge in [-0.3, -0.25) is 4.79 Å². The van der Waals surface area contributed by atoms with Crippen molar-refractivity contribution in [1.29, 1.82) is 0 Å². The van der Waals surface area contributed by atoms with E-state index in [1.54, 1.807) is 6.92 Å². The van der Waals surface area contributed by atoms with Crippen LogP contribution in [0.2, 0.25) is 0 Å². The Balaban J connectivity index is 0. The number of hydrogen-bond donors (Lipinski definition) is 2. The summed E-state index contributed by atoms with van der Waals surface area (Å²) in [5.41, 5.74) is 0. The molecular weight excluding hydrogens is 239 g/mol. The molecule has 0 aliphatic carbocycles. The normalized spacial score (nSPS) is 11.2. The van der Waals surface area contributed by atoms with Crippen molar-refractivity contribution in [2.75, 3.05) is 6.61 Å². The topological polar surface area (TPSA) is 88.7 Å². The van der Waals surface area contributed by atoms with E-state index in [1.807, 2.05) is 0 Å². The Labute approximate surface area is 95.4 Å². The molecule has 0 bridgehead atoms. The molecule has 1 atom stereocenters. The molecule has 0 aliphatic rings. The van der Waals surface area contributed by atoms with E-state index in [0.29, 0.717) is 0 Å². The van der Waals surface area contributed by atoms with Gasteiger partial charge in [0.25, 0.3) is 5.97 Å². The molecule has 0 saturated carbocycles. The third-order valence-electron chi connectivity index (χ3n) is 1.06. The first kappa shape index (κ1) is 14.5. The van der Waals surface area contributed by atoms with Gasteiger partial charge in [0.1, 0.15) is 0 Å². The molecule has 0 aromatic rings. The van der Waals surface area contributed by atoms with Crippen molar-refractivity contribution in [2.45, 2.75) is 19.4 Å². The van der Waals surface area contributed by atoms with Crippen LogP contribution in [0, 0.1) is 0 Å². The van der Waals surface area contributed by atoms with Crippen LogP contribution in [-0.4, -0.2) is 34.7 Å². The predicted octanol–water partition coefficient (Wildman–Crippen LogP) is -0.260. The van der Waals surface area contributed by atoms with Gasteiger partial charge in [0.05, 0.1) is 5.91 Å². The summed E-state index contributed by atoms with van der Waals surface area (Å²) in [7, 11) is 0. The molecule has 67 valence electrons. The van der Waals surface area contributed by atoms with E-state index in [2.05, 4.69) is 5.32 Å². The third kappa shape index (κ3) is 5.63. The molecule has 0 spiro atoms. The van der Waals surface area contributed by atoms with Crippen molar-refractivity contribution in [3.8, 4) is 0 Å². The number of aliphatic carboxylic acids is 1. The predicted molar refractivity (Wildman–Crippen MR) is 37.2 cm³/mol. The smallest absolute Gasteiger partial charge is 0.290 e. The van der Waals surface area contributed by atoms with E-state index in [-0.39, 0.29) is 39.1 Å². The minimum Gasteiger partial charge on any atom is -0.640 e. The van der Waals surface area contributed by atoms with Gasteiger partial charge in [0, 0.05) is 45.4 Å². The van der Waals surface area contributed by atoms with Gasteiger partial charge in [-0.05, 0) is 6.42 Å². The standard InChI is InChI=1S/C6H11NO4.Y/c1-2-5(9)7-4(3-8)6(10)11;/h4,8H,2-3H2,1H3,(H2,7,9,10,11);/p-1/t4-;/m0./s1. The second-order valence-electron chi connectivity index (χ2n) is 1.91. The number of amides is 1. The largest absolute Gasteiger partial charge is 0.640 e. The summed E-state index contributed by atoms with van der Waals surface area (Å²) in [6, 6.07) is -1.30. The van der Waals surface area contributed by atoms with Gasteiger partial charge < -0.3 is 20.3 Å². The van der Waals surface area contributed by atoms with Crippen LogP contribution in [0.3, 0.4) is 0 Å². The Hall–Kier alpha value is 0.00390. The number of carboxylic acids is 1. The van der Waals surface area contributed by atoms with E-state index in [0.717, 1.165) is 0 Å². The zero-order valence-corrected chi connectivity index (χ0v) is 9.57. The molecule has 0 rings (SSSR count). The number of rotatable bonds is 4. The van der Waals surface area contributed by atoms with Gasteiger partial charge >= 0.3 is 0 Å². The fraction of sp³-hybridized carbons (Fsp3) is 0.667. The second-order valence-corrected chi connectivity index (χ2v) is 1.91. The van der Waals surface area contributed by atoms with Crippen molar-refractivity contribution in [3.05, 3.63) is 5.32 Å². The van der Waals surface area contributed by atoms with E-state index < -0.39 is 24.5 Å². The van der Waals surface area contributed by atoms with Crippen molar-refractivity contribution in [2.24, 2.45) is 0 Å². The number of hydrogen-bond acceptors (Lipinski definition) is 3. The maximum Gasteiger partial charge on any atom is 0.290 e. The summed E-state index contributed by atoms with van der Waals surface area (Å²) in [4.78, 5) is 20.7. The molecule has 0 unspecified atom stereocenters. The Kier molecular flexibility index (Phi) is 9.25. The molecule has 5 nitrogen and oxygen atoms in total. The second kappa shape index (κ2) is 7.64. The Morgan fingerprint density at radius 3 is 2.25 bits per heavy atom. The van der Waals surface area contributed by atoms with Gasteiger partial charge in [-0.2, -0.15) is 0 Å². The Morgan fingerprint density at radius 2 is 2.00 bits per heavy atom. The van der Waals surface area contributed by atoms with E-state index in [4.69, 9.17) is 10.2 Å². The van der Waals surface area contributed by atoms with E-state index >= 15 is 0 Å². The summed E-state index contributed by atoms with van der Waals surface area (Å²) < 4.78 is 0. The summed E-state index contributed by atoms with van der Waals surface area (Å²) in [5, 5.41) is 20.0. The van der Waals surface area contributed by atoms with Crippen LogP contribution in [0.15, 0.2) is 0 Å². The number of carbonyl (C=O) groups is 2. The first-order chi connectivity index (χ1) is 5.11. The first-order valence-electron chi connectivity index (χ1n) is 3.19. The van der Waals surface area contributed by atoms with E-state index in [1.165, 1.54) is 0 Å². The molecule has 2 N–H and O–H groups in total. The minimum atomic E-state index is -1.30. The van der Waals surface area contributed by atoms with Crippen LogP contribution in [0.5, 0.6) is 0 Å². The average Bonchev–Trinajstić information content (AvgIpc) is 1.99. The summed E-state index contributed by atoms with van der Waals surface area (Å²) in [6.07, 6.45) is 0.157. The number of nitrogens with zero attached hydrogens (tertiary/aromatic N) is 1. The molecule has 1 radical (unpaired) electrons. The fourth-order valence-electron chi connectivity index (χ4n) is 0.439. The molecular formula is C6H10NO4Y-. The van der Waals surface area contributed by atoms with Crippen LogP contribution in [-0.2, 0) is 42.3 Å².